The Balaban J connectivity index is 2.54. The number of nitrogens with zero attached hydrogens (tertiary/aromatic N) is 2. The summed E-state index contributed by atoms with van der Waals surface area (Å²) in [7, 11) is 1.91. The van der Waals surface area contributed by atoms with E-state index in [4.69, 9.17) is 27.3 Å². The highest BCUT2D eigenvalue weighted by molar-refractivity contribution is 6.31. The number of ether oxygens (including phenoxy) is 1. The molecule has 1 aromatic rings. The first-order chi connectivity index (χ1) is 10.3. The minimum atomic E-state index is -0.199. The third-order valence-corrected chi connectivity index (χ3v) is 3.44. The molecule has 0 heterocycles. The molecule has 1 rings (SSSR count). The number of halogens is 1. The van der Waals surface area contributed by atoms with Crippen LogP contribution in [0.5, 0.6) is 0 Å². The number of likely N-dealkylation sites (N-methyl/N-ethyl adjacent to an activating group) is 1. The predicted molar refractivity (Wildman–Crippen MR) is 86.1 cm³/mol. The molecule has 0 amide bonds. The van der Waals surface area contributed by atoms with Gasteiger partial charge in [-0.05, 0) is 18.7 Å². The summed E-state index contributed by atoms with van der Waals surface area (Å²) in [5.41, 5.74) is 6.99. The quantitative estimate of drug-likeness (QED) is 0.263. The van der Waals surface area contributed by atoms with E-state index >= 15 is 0 Å². The van der Waals surface area contributed by atoms with Gasteiger partial charge >= 0.3 is 5.97 Å². The van der Waals surface area contributed by atoms with Crippen LogP contribution in [-0.4, -0.2) is 42.1 Å². The molecule has 0 atom stereocenters. The molecule has 0 bridgehead atoms. The predicted octanol–water partition coefficient (Wildman–Crippen LogP) is 2.07. The van der Waals surface area contributed by atoms with Gasteiger partial charge in [-0.25, -0.2) is 0 Å². The van der Waals surface area contributed by atoms with Crippen molar-refractivity contribution in [3.05, 3.63) is 34.3 Å². The van der Waals surface area contributed by atoms with E-state index in [0.29, 0.717) is 30.3 Å². The van der Waals surface area contributed by atoms with Gasteiger partial charge in [0, 0.05) is 23.7 Å². The lowest BCUT2D eigenvalue weighted by atomic mass is 10.1. The van der Waals surface area contributed by atoms with Crippen LogP contribution in [0.25, 0.3) is 0 Å². The molecule has 0 saturated heterocycles. The van der Waals surface area contributed by atoms with Crippen molar-refractivity contribution in [3.63, 3.8) is 0 Å². The van der Waals surface area contributed by atoms with Crippen molar-refractivity contribution in [2.24, 2.45) is 16.8 Å². The van der Waals surface area contributed by atoms with E-state index < -0.39 is 0 Å². The van der Waals surface area contributed by atoms with E-state index in [0.717, 1.165) is 5.56 Å². The van der Waals surface area contributed by atoms with Crippen LogP contribution in [0.15, 0.2) is 23.4 Å². The van der Waals surface area contributed by atoms with E-state index in [9.17, 15) is 4.79 Å². The van der Waals surface area contributed by atoms with E-state index in [1.165, 1.54) is 0 Å². The minimum absolute atomic E-state index is 0.0161. The number of amidine groups is 1. The van der Waals surface area contributed by atoms with E-state index in [1.54, 1.807) is 26.0 Å². The number of esters is 1. The second kappa shape index (κ2) is 8.60. The molecule has 0 unspecified atom stereocenters. The molecular weight excluding hydrogens is 306 g/mol. The summed E-state index contributed by atoms with van der Waals surface area (Å²) < 4.78 is 5.13. The lowest BCUT2D eigenvalue weighted by Crippen LogP contribution is -2.25. The number of carbonyl (C=O) groups excluding carboxylic acids is 1. The molecule has 7 heteroatoms. The molecule has 3 N–H and O–H groups in total. The van der Waals surface area contributed by atoms with E-state index in [2.05, 4.69) is 5.16 Å². The summed E-state index contributed by atoms with van der Waals surface area (Å²) in [6.45, 7) is 5.15. The summed E-state index contributed by atoms with van der Waals surface area (Å²) in [6, 6.07) is 5.22. The van der Waals surface area contributed by atoms with Gasteiger partial charge in [0.15, 0.2) is 5.84 Å². The van der Waals surface area contributed by atoms with Gasteiger partial charge in [0.1, 0.15) is 6.61 Å². The van der Waals surface area contributed by atoms with Crippen molar-refractivity contribution in [2.45, 2.75) is 20.4 Å². The van der Waals surface area contributed by atoms with Gasteiger partial charge in [-0.15, -0.1) is 0 Å². The monoisotopic (exact) mass is 327 g/mol. The van der Waals surface area contributed by atoms with Gasteiger partial charge < -0.3 is 15.7 Å². The Morgan fingerprint density at radius 2 is 2.18 bits per heavy atom. The van der Waals surface area contributed by atoms with Gasteiger partial charge in [-0.3, -0.25) is 9.69 Å². The maximum absolute atomic E-state index is 11.4. The molecule has 0 fully saturated rings. The SMILES string of the molecule is CC(C)C(=O)OCCN(C)Cc1ccc(C(N)=NO)cc1Cl. The average Bonchev–Trinajstić information content (AvgIpc) is 2.48. The van der Waals surface area contributed by atoms with Crippen molar-refractivity contribution < 1.29 is 14.7 Å². The van der Waals surface area contributed by atoms with Gasteiger partial charge in [0.25, 0.3) is 0 Å². The van der Waals surface area contributed by atoms with E-state index in [-0.39, 0.29) is 17.7 Å². The van der Waals surface area contributed by atoms with E-state index in [1.807, 2.05) is 18.0 Å². The van der Waals surface area contributed by atoms with Crippen LogP contribution in [-0.2, 0) is 16.1 Å². The Kier molecular flexibility index (Phi) is 7.14. The first-order valence-electron chi connectivity index (χ1n) is 6.96. The lowest BCUT2D eigenvalue weighted by molar-refractivity contribution is -0.147. The van der Waals surface area contributed by atoms with Gasteiger partial charge in [0.2, 0.25) is 0 Å². The number of oxime groups is 1. The third kappa shape index (κ3) is 5.54. The van der Waals surface area contributed by atoms with Crippen molar-refractivity contribution in [2.75, 3.05) is 20.2 Å². The zero-order chi connectivity index (χ0) is 16.7. The number of hydrogen-bond donors (Lipinski definition) is 2. The number of nitrogens with two attached hydrogens (primary N) is 1. The Morgan fingerprint density at radius 1 is 1.50 bits per heavy atom. The molecule has 0 radical (unpaired) electrons. The molecule has 0 aliphatic rings. The van der Waals surface area contributed by atoms with Gasteiger partial charge in [-0.1, -0.05) is 42.7 Å². The standard InChI is InChI=1S/C15H22ClN3O3/c1-10(2)15(20)22-7-6-19(3)9-12-5-4-11(8-13(12)16)14(17)18-21/h4-5,8,10,21H,6-7,9H2,1-3H3,(H2,17,18). The largest absolute Gasteiger partial charge is 0.464 e. The minimum Gasteiger partial charge on any atom is -0.464 e. The second-order valence-corrected chi connectivity index (χ2v) is 5.76. The van der Waals surface area contributed by atoms with Crippen LogP contribution in [0, 0.1) is 5.92 Å². The Morgan fingerprint density at radius 3 is 2.73 bits per heavy atom. The topological polar surface area (TPSA) is 88.2 Å². The number of rotatable bonds is 7. The normalized spacial score (nSPS) is 12.0. The fourth-order valence-corrected chi connectivity index (χ4v) is 1.97. The molecule has 122 valence electrons. The third-order valence-electron chi connectivity index (χ3n) is 3.09. The summed E-state index contributed by atoms with van der Waals surface area (Å²) in [5.74, 6) is -0.303. The van der Waals surface area contributed by atoms with Crippen LogP contribution in [0.1, 0.15) is 25.0 Å². The van der Waals surface area contributed by atoms with Crippen LogP contribution in [0.4, 0.5) is 0 Å². The molecule has 0 aliphatic carbocycles. The highest BCUT2D eigenvalue weighted by atomic mass is 35.5. The molecule has 0 spiro atoms. The fourth-order valence-electron chi connectivity index (χ4n) is 1.73. The Bertz CT molecular complexity index is 547. The average molecular weight is 328 g/mol. The summed E-state index contributed by atoms with van der Waals surface area (Å²) >= 11 is 6.20. The highest BCUT2D eigenvalue weighted by Gasteiger charge is 2.10. The van der Waals surface area contributed by atoms with Crippen LogP contribution in [0.3, 0.4) is 0 Å². The highest BCUT2D eigenvalue weighted by Crippen LogP contribution is 2.19. The molecule has 22 heavy (non-hydrogen) atoms. The zero-order valence-electron chi connectivity index (χ0n) is 13.0. The fraction of sp³-hybridized carbons (Fsp3) is 0.467. The van der Waals surface area contributed by atoms with Gasteiger partial charge in [-0.2, -0.15) is 0 Å². The number of benzene rings is 1. The molecule has 0 saturated carbocycles. The Hall–Kier alpha value is -1.79. The number of carbonyl (C=O) groups is 1. The maximum Gasteiger partial charge on any atom is 0.308 e. The zero-order valence-corrected chi connectivity index (χ0v) is 13.8. The first kappa shape index (κ1) is 18.3. The van der Waals surface area contributed by atoms with Crippen LogP contribution < -0.4 is 5.73 Å². The molecule has 6 nitrogen and oxygen atoms in total. The molecule has 0 aromatic heterocycles. The molecule has 1 aromatic carbocycles. The van der Waals surface area contributed by atoms with Crippen LogP contribution >= 0.6 is 11.6 Å². The summed E-state index contributed by atoms with van der Waals surface area (Å²) in [6.07, 6.45) is 0. The van der Waals surface area contributed by atoms with Crippen molar-refractivity contribution in [1.29, 1.82) is 0 Å². The van der Waals surface area contributed by atoms with Crippen molar-refractivity contribution in [3.8, 4) is 0 Å². The van der Waals surface area contributed by atoms with Crippen molar-refractivity contribution >= 4 is 23.4 Å². The van der Waals surface area contributed by atoms with Crippen molar-refractivity contribution in [1.82, 2.24) is 4.90 Å². The second-order valence-electron chi connectivity index (χ2n) is 5.35. The molecular formula is C15H22ClN3O3. The maximum atomic E-state index is 11.4. The molecule has 0 aliphatic heterocycles. The van der Waals surface area contributed by atoms with Crippen LogP contribution in [0.2, 0.25) is 5.02 Å². The Labute approximate surface area is 135 Å². The summed E-state index contributed by atoms with van der Waals surface area (Å²) in [5, 5.41) is 12.1. The lowest BCUT2D eigenvalue weighted by Gasteiger charge is -2.18. The smallest absolute Gasteiger partial charge is 0.308 e. The number of hydrogen-bond acceptors (Lipinski definition) is 5. The first-order valence-corrected chi connectivity index (χ1v) is 7.34. The van der Waals surface area contributed by atoms with Gasteiger partial charge in [0.05, 0.1) is 5.92 Å². The summed E-state index contributed by atoms with van der Waals surface area (Å²) in [4.78, 5) is 13.4.